The van der Waals surface area contributed by atoms with Gasteiger partial charge in [-0.05, 0) is 25.7 Å². The van der Waals surface area contributed by atoms with Gasteiger partial charge < -0.3 is 19.5 Å². The van der Waals surface area contributed by atoms with E-state index in [2.05, 4.69) is 28.7 Å². The Balaban J connectivity index is 1.75. The third kappa shape index (κ3) is 4.73. The van der Waals surface area contributed by atoms with E-state index in [1.807, 2.05) is 19.4 Å². The lowest BCUT2D eigenvalue weighted by Gasteiger charge is -2.31. The Labute approximate surface area is 132 Å². The third-order valence-corrected chi connectivity index (χ3v) is 3.95. The van der Waals surface area contributed by atoms with Crippen LogP contribution in [0.4, 0.5) is 4.79 Å². The first-order valence-electron chi connectivity index (χ1n) is 8.24. The maximum atomic E-state index is 11.7. The predicted octanol–water partition coefficient (Wildman–Crippen LogP) is 2.25. The molecule has 124 valence electrons. The SMILES string of the molecule is CCOC(=O)N1CCC(NCc2cncn2CC(C)C)CC1. The second kappa shape index (κ2) is 8.17. The molecule has 6 heteroatoms. The molecular weight excluding hydrogens is 280 g/mol. The van der Waals surface area contributed by atoms with E-state index >= 15 is 0 Å². The van der Waals surface area contributed by atoms with Gasteiger partial charge in [-0.2, -0.15) is 0 Å². The Morgan fingerprint density at radius 1 is 1.45 bits per heavy atom. The number of likely N-dealkylation sites (tertiary alicyclic amines) is 1. The van der Waals surface area contributed by atoms with Crippen molar-refractivity contribution in [3.8, 4) is 0 Å². The minimum atomic E-state index is -0.184. The highest BCUT2D eigenvalue weighted by Gasteiger charge is 2.23. The number of nitrogens with zero attached hydrogens (tertiary/aromatic N) is 3. The fraction of sp³-hybridized carbons (Fsp3) is 0.750. The van der Waals surface area contributed by atoms with Crippen LogP contribution in [-0.4, -0.2) is 46.3 Å². The van der Waals surface area contributed by atoms with Crippen LogP contribution in [0.1, 0.15) is 39.3 Å². The number of ether oxygens (including phenoxy) is 1. The molecule has 0 radical (unpaired) electrons. The van der Waals surface area contributed by atoms with Crippen molar-refractivity contribution >= 4 is 6.09 Å². The number of hydrogen-bond donors (Lipinski definition) is 1. The van der Waals surface area contributed by atoms with E-state index in [-0.39, 0.29) is 6.09 Å². The average molecular weight is 308 g/mol. The highest BCUT2D eigenvalue weighted by atomic mass is 16.6. The van der Waals surface area contributed by atoms with Crippen molar-refractivity contribution in [1.29, 1.82) is 0 Å². The Kier molecular flexibility index (Phi) is 6.24. The number of rotatable bonds is 6. The Bertz CT molecular complexity index is 464. The van der Waals surface area contributed by atoms with Crippen LogP contribution in [0.25, 0.3) is 0 Å². The van der Waals surface area contributed by atoms with Crippen molar-refractivity contribution in [2.24, 2.45) is 5.92 Å². The first-order valence-corrected chi connectivity index (χ1v) is 8.24. The van der Waals surface area contributed by atoms with Crippen LogP contribution in [-0.2, 0) is 17.8 Å². The van der Waals surface area contributed by atoms with Gasteiger partial charge in [0.2, 0.25) is 0 Å². The maximum absolute atomic E-state index is 11.7. The van der Waals surface area contributed by atoms with E-state index in [0.29, 0.717) is 18.6 Å². The first-order chi connectivity index (χ1) is 10.6. The number of amides is 1. The summed E-state index contributed by atoms with van der Waals surface area (Å²) in [5.74, 6) is 0.612. The van der Waals surface area contributed by atoms with Crippen LogP contribution >= 0.6 is 0 Å². The van der Waals surface area contributed by atoms with E-state index in [1.165, 1.54) is 5.69 Å². The Morgan fingerprint density at radius 2 is 2.18 bits per heavy atom. The van der Waals surface area contributed by atoms with Crippen molar-refractivity contribution < 1.29 is 9.53 Å². The molecule has 6 nitrogen and oxygen atoms in total. The van der Waals surface area contributed by atoms with Gasteiger partial charge in [-0.1, -0.05) is 13.8 Å². The molecule has 1 aromatic rings. The summed E-state index contributed by atoms with van der Waals surface area (Å²) in [5, 5.41) is 3.59. The molecule has 0 spiro atoms. The van der Waals surface area contributed by atoms with Crippen LogP contribution in [0.3, 0.4) is 0 Å². The summed E-state index contributed by atoms with van der Waals surface area (Å²) in [6.45, 7) is 10.1. The minimum Gasteiger partial charge on any atom is -0.450 e. The summed E-state index contributed by atoms with van der Waals surface area (Å²) in [4.78, 5) is 17.7. The molecule has 0 atom stereocenters. The second-order valence-electron chi connectivity index (χ2n) is 6.27. The predicted molar refractivity (Wildman–Crippen MR) is 85.5 cm³/mol. The van der Waals surface area contributed by atoms with Crippen LogP contribution in [0, 0.1) is 5.92 Å². The van der Waals surface area contributed by atoms with Crippen molar-refractivity contribution in [3.05, 3.63) is 18.2 Å². The van der Waals surface area contributed by atoms with Crippen molar-refractivity contribution in [1.82, 2.24) is 19.8 Å². The number of carbonyl (C=O) groups excluding carboxylic acids is 1. The monoisotopic (exact) mass is 308 g/mol. The molecule has 1 amide bonds. The van der Waals surface area contributed by atoms with Crippen LogP contribution in [0.15, 0.2) is 12.5 Å². The van der Waals surface area contributed by atoms with E-state index in [4.69, 9.17) is 4.74 Å². The van der Waals surface area contributed by atoms with Gasteiger partial charge in [0.05, 0.1) is 18.6 Å². The number of hydrogen-bond acceptors (Lipinski definition) is 4. The third-order valence-electron chi connectivity index (χ3n) is 3.95. The Morgan fingerprint density at radius 3 is 2.82 bits per heavy atom. The van der Waals surface area contributed by atoms with Gasteiger partial charge in [-0.15, -0.1) is 0 Å². The minimum absolute atomic E-state index is 0.184. The molecule has 1 fully saturated rings. The molecular formula is C16H28N4O2. The number of aromatic nitrogens is 2. The molecule has 1 N–H and O–H groups in total. The lowest BCUT2D eigenvalue weighted by Crippen LogP contribution is -2.45. The highest BCUT2D eigenvalue weighted by Crippen LogP contribution is 2.13. The number of carbonyl (C=O) groups is 1. The fourth-order valence-corrected chi connectivity index (χ4v) is 2.78. The topological polar surface area (TPSA) is 59.4 Å². The van der Waals surface area contributed by atoms with Crippen molar-refractivity contribution in [3.63, 3.8) is 0 Å². The van der Waals surface area contributed by atoms with Crippen molar-refractivity contribution in [2.75, 3.05) is 19.7 Å². The molecule has 0 bridgehead atoms. The lowest BCUT2D eigenvalue weighted by molar-refractivity contribution is 0.0949. The van der Waals surface area contributed by atoms with Gasteiger partial charge in [-0.25, -0.2) is 9.78 Å². The number of imidazole rings is 1. The molecule has 1 saturated heterocycles. The maximum Gasteiger partial charge on any atom is 0.409 e. The van der Waals surface area contributed by atoms with Gasteiger partial charge in [0.25, 0.3) is 0 Å². The van der Waals surface area contributed by atoms with E-state index in [1.54, 1.807) is 4.90 Å². The smallest absolute Gasteiger partial charge is 0.409 e. The molecule has 0 aromatic carbocycles. The largest absolute Gasteiger partial charge is 0.450 e. The van der Waals surface area contributed by atoms with Crippen LogP contribution in [0.5, 0.6) is 0 Å². The quantitative estimate of drug-likeness (QED) is 0.875. The summed E-state index contributed by atoms with van der Waals surface area (Å²) in [5.41, 5.74) is 1.22. The number of nitrogens with one attached hydrogen (secondary N) is 1. The number of piperidine rings is 1. The Hall–Kier alpha value is -1.56. The molecule has 0 saturated carbocycles. The standard InChI is InChI=1S/C16H28N4O2/c1-4-22-16(21)19-7-5-14(6-8-19)18-10-15-9-17-12-20(15)11-13(2)3/h9,12-14,18H,4-8,10-11H2,1-3H3. The van der Waals surface area contributed by atoms with Gasteiger partial charge in [0.15, 0.2) is 0 Å². The molecule has 2 heterocycles. The van der Waals surface area contributed by atoms with Crippen molar-refractivity contribution in [2.45, 2.75) is 52.7 Å². The normalized spacial score (nSPS) is 16.3. The molecule has 0 unspecified atom stereocenters. The van der Waals surface area contributed by atoms with Gasteiger partial charge in [0, 0.05) is 38.4 Å². The van der Waals surface area contributed by atoms with Gasteiger partial charge in [0.1, 0.15) is 0 Å². The second-order valence-corrected chi connectivity index (χ2v) is 6.27. The highest BCUT2D eigenvalue weighted by molar-refractivity contribution is 5.67. The molecule has 1 aromatic heterocycles. The molecule has 0 aliphatic carbocycles. The zero-order valence-corrected chi connectivity index (χ0v) is 13.9. The lowest BCUT2D eigenvalue weighted by atomic mass is 10.1. The fourth-order valence-electron chi connectivity index (χ4n) is 2.78. The summed E-state index contributed by atoms with van der Waals surface area (Å²) >= 11 is 0. The van der Waals surface area contributed by atoms with E-state index in [9.17, 15) is 4.79 Å². The average Bonchev–Trinajstić information content (AvgIpc) is 2.92. The van der Waals surface area contributed by atoms with Crippen LogP contribution < -0.4 is 5.32 Å². The van der Waals surface area contributed by atoms with E-state index < -0.39 is 0 Å². The zero-order valence-electron chi connectivity index (χ0n) is 13.9. The molecule has 22 heavy (non-hydrogen) atoms. The van der Waals surface area contributed by atoms with Gasteiger partial charge >= 0.3 is 6.09 Å². The first kappa shape index (κ1) is 16.8. The zero-order chi connectivity index (χ0) is 15.9. The molecule has 1 aliphatic rings. The summed E-state index contributed by atoms with van der Waals surface area (Å²) in [7, 11) is 0. The summed E-state index contributed by atoms with van der Waals surface area (Å²) in [6.07, 6.45) is 5.59. The summed E-state index contributed by atoms with van der Waals surface area (Å²) in [6, 6.07) is 0.452. The van der Waals surface area contributed by atoms with Gasteiger partial charge in [-0.3, -0.25) is 0 Å². The van der Waals surface area contributed by atoms with Crippen LogP contribution in [0.2, 0.25) is 0 Å². The molecule has 2 rings (SSSR count). The molecule has 1 aliphatic heterocycles. The summed E-state index contributed by atoms with van der Waals surface area (Å²) < 4.78 is 7.26. The van der Waals surface area contributed by atoms with E-state index in [0.717, 1.165) is 39.0 Å².